The van der Waals surface area contributed by atoms with Gasteiger partial charge in [-0.3, -0.25) is 19.2 Å². The number of nitrogens with zero attached hydrogens (tertiary/aromatic N) is 4. The van der Waals surface area contributed by atoms with E-state index in [0.29, 0.717) is 18.9 Å². The Bertz CT molecular complexity index is 716. The number of carbonyl (C=O) groups is 2. The molecular weight excluding hydrogens is 332 g/mol. The van der Waals surface area contributed by atoms with E-state index in [1.165, 1.54) is 0 Å². The average molecular weight is 360 g/mol. The van der Waals surface area contributed by atoms with Crippen molar-refractivity contribution >= 4 is 11.9 Å². The van der Waals surface area contributed by atoms with Crippen molar-refractivity contribution in [3.8, 4) is 0 Å². The summed E-state index contributed by atoms with van der Waals surface area (Å²) in [5, 5.41) is 14.1. The lowest BCUT2D eigenvalue weighted by atomic mass is 9.76. The molecule has 1 aliphatic carbocycles. The molecule has 7 heteroatoms. The third kappa shape index (κ3) is 3.24. The molecule has 1 atom stereocenters. The number of hydrogen-bond donors (Lipinski definition) is 1. The summed E-state index contributed by atoms with van der Waals surface area (Å²) in [5.41, 5.74) is 2.08. The van der Waals surface area contributed by atoms with E-state index < -0.39 is 12.0 Å². The molecule has 1 amide bonds. The van der Waals surface area contributed by atoms with Gasteiger partial charge >= 0.3 is 5.97 Å². The monoisotopic (exact) mass is 360 g/mol. The Morgan fingerprint density at radius 3 is 2.54 bits per heavy atom. The van der Waals surface area contributed by atoms with Crippen LogP contribution >= 0.6 is 0 Å². The number of carboxylic acids is 1. The fraction of sp³-hybridized carbons (Fsp3) is 0.737. The number of rotatable bonds is 4. The number of aryl methyl sites for hydroxylation is 2. The van der Waals surface area contributed by atoms with Gasteiger partial charge in [0.05, 0.1) is 5.69 Å². The van der Waals surface area contributed by atoms with Crippen LogP contribution in [0, 0.1) is 18.3 Å². The quantitative estimate of drug-likeness (QED) is 0.878. The van der Waals surface area contributed by atoms with Crippen LogP contribution < -0.4 is 0 Å². The molecule has 142 valence electrons. The summed E-state index contributed by atoms with van der Waals surface area (Å²) in [7, 11) is 1.89. The van der Waals surface area contributed by atoms with Gasteiger partial charge in [-0.1, -0.05) is 0 Å². The van der Waals surface area contributed by atoms with E-state index in [1.54, 1.807) is 4.68 Å². The first-order valence-corrected chi connectivity index (χ1v) is 9.62. The maximum Gasteiger partial charge on any atom is 0.320 e. The zero-order valence-electron chi connectivity index (χ0n) is 15.6. The standard InChI is InChI=1S/C19H28N4O3/c1-13-15(10-21(2)20-13)11-23-12-19(9-16(23)18(25)26)5-7-22(8-6-19)17(24)14-3-4-14/h10,14,16H,3-9,11-12H2,1-2H3,(H,25,26)/t16-/m0/s1. The van der Waals surface area contributed by atoms with Crippen molar-refractivity contribution in [1.82, 2.24) is 19.6 Å². The van der Waals surface area contributed by atoms with Gasteiger partial charge in [0.25, 0.3) is 0 Å². The highest BCUT2D eigenvalue weighted by atomic mass is 16.4. The van der Waals surface area contributed by atoms with Crippen molar-refractivity contribution in [2.24, 2.45) is 18.4 Å². The van der Waals surface area contributed by atoms with E-state index in [9.17, 15) is 14.7 Å². The Balaban J connectivity index is 1.45. The van der Waals surface area contributed by atoms with Gasteiger partial charge in [-0.15, -0.1) is 0 Å². The molecule has 7 nitrogen and oxygen atoms in total. The number of piperidine rings is 1. The third-order valence-corrected chi connectivity index (χ3v) is 6.44. The third-order valence-electron chi connectivity index (χ3n) is 6.44. The second-order valence-corrected chi connectivity index (χ2v) is 8.48. The van der Waals surface area contributed by atoms with E-state index >= 15 is 0 Å². The van der Waals surface area contributed by atoms with E-state index in [2.05, 4.69) is 10.00 Å². The van der Waals surface area contributed by atoms with Crippen LogP contribution in [0.1, 0.15) is 43.4 Å². The number of aliphatic carboxylic acids is 1. The number of carboxylic acid groups (broad SMARTS) is 1. The lowest BCUT2D eigenvalue weighted by Gasteiger charge is -2.39. The molecule has 0 radical (unpaired) electrons. The highest BCUT2D eigenvalue weighted by Gasteiger charge is 2.49. The molecule has 26 heavy (non-hydrogen) atoms. The Hall–Kier alpha value is -1.89. The predicted octanol–water partition coefficient (Wildman–Crippen LogP) is 1.41. The van der Waals surface area contributed by atoms with Crippen molar-refractivity contribution in [3.05, 3.63) is 17.5 Å². The zero-order valence-corrected chi connectivity index (χ0v) is 15.6. The molecular formula is C19H28N4O3. The molecule has 1 spiro atoms. The van der Waals surface area contributed by atoms with Crippen molar-refractivity contribution in [2.45, 2.75) is 51.6 Å². The average Bonchev–Trinajstić information content (AvgIpc) is 3.31. The molecule has 1 aromatic heterocycles. The predicted molar refractivity (Wildman–Crippen MR) is 95.4 cm³/mol. The Kier molecular flexibility index (Phi) is 4.29. The fourth-order valence-corrected chi connectivity index (χ4v) is 4.73. The Morgan fingerprint density at radius 2 is 2.00 bits per heavy atom. The molecule has 3 fully saturated rings. The number of aromatic nitrogens is 2. The second kappa shape index (κ2) is 6.37. The van der Waals surface area contributed by atoms with Crippen molar-refractivity contribution in [2.75, 3.05) is 19.6 Å². The summed E-state index contributed by atoms with van der Waals surface area (Å²) in [6.45, 7) is 4.95. The van der Waals surface area contributed by atoms with E-state index in [4.69, 9.17) is 0 Å². The Labute approximate surface area is 153 Å². The highest BCUT2D eigenvalue weighted by Crippen LogP contribution is 2.45. The number of amides is 1. The maximum atomic E-state index is 12.3. The zero-order chi connectivity index (χ0) is 18.5. The summed E-state index contributed by atoms with van der Waals surface area (Å²) in [4.78, 5) is 28.3. The Morgan fingerprint density at radius 1 is 1.31 bits per heavy atom. The minimum Gasteiger partial charge on any atom is -0.480 e. The summed E-state index contributed by atoms with van der Waals surface area (Å²) in [6.07, 6.45) is 6.58. The second-order valence-electron chi connectivity index (χ2n) is 8.48. The van der Waals surface area contributed by atoms with Crippen molar-refractivity contribution < 1.29 is 14.7 Å². The molecule has 0 unspecified atom stereocenters. The largest absolute Gasteiger partial charge is 0.480 e. The lowest BCUT2D eigenvalue weighted by molar-refractivity contribution is -0.142. The van der Waals surface area contributed by atoms with Gasteiger partial charge in [-0.2, -0.15) is 5.10 Å². The first kappa shape index (κ1) is 17.5. The SMILES string of the molecule is Cc1nn(C)cc1CN1CC2(CCN(C(=O)C3CC3)CC2)C[C@H]1C(=O)O. The molecule has 3 heterocycles. The van der Waals surface area contributed by atoms with E-state index in [0.717, 1.165) is 56.6 Å². The van der Waals surface area contributed by atoms with Gasteiger partial charge in [-0.25, -0.2) is 0 Å². The van der Waals surface area contributed by atoms with Crippen LogP contribution in [0.2, 0.25) is 0 Å². The number of carbonyl (C=O) groups excluding carboxylic acids is 1. The summed E-state index contributed by atoms with van der Waals surface area (Å²) >= 11 is 0. The van der Waals surface area contributed by atoms with Crippen LogP contribution in [0.4, 0.5) is 0 Å². The number of hydrogen-bond acceptors (Lipinski definition) is 4. The topological polar surface area (TPSA) is 78.7 Å². The molecule has 1 N–H and O–H groups in total. The fourth-order valence-electron chi connectivity index (χ4n) is 4.73. The molecule has 1 saturated carbocycles. The summed E-state index contributed by atoms with van der Waals surface area (Å²) < 4.78 is 1.79. The molecule has 0 aromatic carbocycles. The van der Waals surface area contributed by atoms with E-state index in [1.807, 2.05) is 25.1 Å². The molecule has 0 bridgehead atoms. The molecule has 4 rings (SSSR count). The van der Waals surface area contributed by atoms with Crippen LogP contribution in [-0.2, 0) is 23.2 Å². The van der Waals surface area contributed by atoms with E-state index in [-0.39, 0.29) is 11.3 Å². The van der Waals surface area contributed by atoms with Crippen LogP contribution in [-0.4, -0.2) is 62.2 Å². The highest BCUT2D eigenvalue weighted by molar-refractivity contribution is 5.81. The minimum atomic E-state index is -0.736. The van der Waals surface area contributed by atoms with Crippen LogP contribution in [0.5, 0.6) is 0 Å². The maximum absolute atomic E-state index is 12.3. The first-order valence-electron chi connectivity index (χ1n) is 9.62. The summed E-state index contributed by atoms with van der Waals surface area (Å²) in [6, 6.07) is -0.444. The normalized spacial score (nSPS) is 25.8. The van der Waals surface area contributed by atoms with Crippen molar-refractivity contribution in [3.63, 3.8) is 0 Å². The first-order chi connectivity index (χ1) is 12.4. The van der Waals surface area contributed by atoms with Crippen LogP contribution in [0.3, 0.4) is 0 Å². The molecule has 1 aromatic rings. The van der Waals surface area contributed by atoms with Crippen LogP contribution in [0.25, 0.3) is 0 Å². The van der Waals surface area contributed by atoms with Crippen LogP contribution in [0.15, 0.2) is 6.20 Å². The van der Waals surface area contributed by atoms with Gasteiger partial charge in [0.15, 0.2) is 0 Å². The van der Waals surface area contributed by atoms with Gasteiger partial charge in [0, 0.05) is 50.9 Å². The van der Waals surface area contributed by atoms with Gasteiger partial charge in [0.2, 0.25) is 5.91 Å². The van der Waals surface area contributed by atoms with Crippen molar-refractivity contribution in [1.29, 1.82) is 0 Å². The van der Waals surface area contributed by atoms with Gasteiger partial charge < -0.3 is 10.0 Å². The lowest BCUT2D eigenvalue weighted by Crippen LogP contribution is -2.44. The number of likely N-dealkylation sites (tertiary alicyclic amines) is 2. The molecule has 3 aliphatic rings. The van der Waals surface area contributed by atoms with Gasteiger partial charge in [0.1, 0.15) is 6.04 Å². The minimum absolute atomic E-state index is 0.0273. The summed E-state index contributed by atoms with van der Waals surface area (Å²) in [5.74, 6) is -0.153. The molecule has 2 aliphatic heterocycles. The van der Waals surface area contributed by atoms with Gasteiger partial charge in [-0.05, 0) is 44.4 Å². The molecule has 2 saturated heterocycles. The smallest absolute Gasteiger partial charge is 0.320 e.